The maximum atomic E-state index is 12.5. The monoisotopic (exact) mass is 414 g/mol. The summed E-state index contributed by atoms with van der Waals surface area (Å²) in [6.45, 7) is 2.87. The minimum Gasteiger partial charge on any atom is -0.371 e. The molecule has 0 radical (unpaired) electrons. The highest BCUT2D eigenvalue weighted by Gasteiger charge is 2.35. The van der Waals surface area contributed by atoms with Crippen molar-refractivity contribution in [2.45, 2.75) is 32.1 Å². The fraction of sp³-hybridized carbons (Fsp3) is 0.462. The van der Waals surface area contributed by atoms with Gasteiger partial charge in [0.05, 0.1) is 11.0 Å². The highest BCUT2D eigenvalue weighted by Crippen LogP contribution is 2.43. The summed E-state index contributed by atoms with van der Waals surface area (Å²) in [6, 6.07) is 12.6. The summed E-state index contributed by atoms with van der Waals surface area (Å²) in [4.78, 5) is 19.7. The number of pyridine rings is 1. The summed E-state index contributed by atoms with van der Waals surface area (Å²) in [5, 5.41) is 3.24. The van der Waals surface area contributed by atoms with Crippen LogP contribution in [-0.4, -0.2) is 34.9 Å². The summed E-state index contributed by atoms with van der Waals surface area (Å²) >= 11 is 0. The van der Waals surface area contributed by atoms with Crippen LogP contribution in [0.1, 0.15) is 32.1 Å². The van der Waals surface area contributed by atoms with E-state index in [1.54, 1.807) is 0 Å². The number of carbonyl (C=O) groups is 1. The van der Waals surface area contributed by atoms with Crippen molar-refractivity contribution in [3.8, 4) is 0 Å². The van der Waals surface area contributed by atoms with Crippen molar-refractivity contribution in [3.63, 3.8) is 0 Å². The molecule has 1 amide bonds. The zero-order chi connectivity index (χ0) is 20.8. The molecule has 3 aliphatic rings. The number of imidazole rings is 1. The van der Waals surface area contributed by atoms with Crippen molar-refractivity contribution in [1.29, 1.82) is 0 Å². The smallest absolute Gasteiger partial charge is 0.220 e. The maximum absolute atomic E-state index is 12.5. The Labute approximate surface area is 183 Å². The Hall–Kier alpha value is -2.82. The lowest BCUT2D eigenvalue weighted by molar-refractivity contribution is -0.122. The van der Waals surface area contributed by atoms with Gasteiger partial charge in [-0.2, -0.15) is 0 Å². The number of aromatic nitrogens is 2. The van der Waals surface area contributed by atoms with Gasteiger partial charge in [0.1, 0.15) is 5.65 Å². The minimum atomic E-state index is 0.246. The number of allylic oxidation sites excluding steroid dienone is 2. The average Bonchev–Trinajstić information content (AvgIpc) is 3.51. The number of amides is 1. The van der Waals surface area contributed by atoms with Crippen molar-refractivity contribution < 1.29 is 4.79 Å². The fourth-order valence-corrected chi connectivity index (χ4v) is 5.95. The zero-order valence-corrected chi connectivity index (χ0v) is 17.9. The number of anilines is 1. The molecule has 3 heterocycles. The normalized spacial score (nSPS) is 25.7. The lowest BCUT2D eigenvalue weighted by Crippen LogP contribution is -2.37. The van der Waals surface area contributed by atoms with Crippen LogP contribution in [0.3, 0.4) is 0 Å². The van der Waals surface area contributed by atoms with Gasteiger partial charge in [0.25, 0.3) is 0 Å². The molecule has 1 aromatic carbocycles. The van der Waals surface area contributed by atoms with Crippen molar-refractivity contribution in [2.24, 2.45) is 23.7 Å². The molecule has 1 saturated carbocycles. The van der Waals surface area contributed by atoms with Crippen LogP contribution >= 0.6 is 0 Å². The third-order valence-corrected chi connectivity index (χ3v) is 7.73. The maximum Gasteiger partial charge on any atom is 0.220 e. The first kappa shape index (κ1) is 18.9. The number of fused-ring (bicyclic) bond motifs is 5. The number of nitrogens with one attached hydrogen (secondary N) is 1. The van der Waals surface area contributed by atoms with E-state index in [9.17, 15) is 4.79 Å². The Morgan fingerprint density at radius 3 is 2.77 bits per heavy atom. The van der Waals surface area contributed by atoms with E-state index in [0.717, 1.165) is 55.1 Å². The number of para-hydroxylation sites is 2. The molecule has 2 aliphatic carbocycles. The molecule has 5 nitrogen and oxygen atoms in total. The van der Waals surface area contributed by atoms with Crippen molar-refractivity contribution in [2.75, 3.05) is 24.5 Å². The van der Waals surface area contributed by atoms with Gasteiger partial charge in [-0.25, -0.2) is 4.98 Å². The van der Waals surface area contributed by atoms with Crippen LogP contribution in [0, 0.1) is 23.7 Å². The van der Waals surface area contributed by atoms with Gasteiger partial charge in [-0.3, -0.25) is 9.20 Å². The SMILES string of the molecule is O=C(CC1CCN(c2ccn3c(c2)nc2ccccc23)CC1)NCC1CC2C=CC1C2. The molecule has 1 N–H and O–H groups in total. The number of hydrogen-bond donors (Lipinski definition) is 1. The van der Waals surface area contributed by atoms with Crippen LogP contribution in [0.5, 0.6) is 0 Å². The molecule has 0 spiro atoms. The van der Waals surface area contributed by atoms with Crippen LogP contribution in [-0.2, 0) is 4.79 Å². The molecule has 31 heavy (non-hydrogen) atoms. The molecule has 3 aromatic rings. The number of nitrogens with zero attached hydrogens (tertiary/aromatic N) is 3. The van der Waals surface area contributed by atoms with E-state index in [4.69, 9.17) is 4.98 Å². The fourth-order valence-electron chi connectivity index (χ4n) is 5.95. The molecular weight excluding hydrogens is 384 g/mol. The predicted molar refractivity (Wildman–Crippen MR) is 124 cm³/mol. The van der Waals surface area contributed by atoms with E-state index in [2.05, 4.69) is 63.3 Å². The zero-order valence-electron chi connectivity index (χ0n) is 17.9. The van der Waals surface area contributed by atoms with Gasteiger partial charge in [-0.15, -0.1) is 0 Å². The van der Waals surface area contributed by atoms with Crippen LogP contribution in [0.4, 0.5) is 5.69 Å². The molecule has 3 unspecified atom stereocenters. The molecule has 5 heteroatoms. The quantitative estimate of drug-likeness (QED) is 0.629. The van der Waals surface area contributed by atoms with E-state index < -0.39 is 0 Å². The second kappa shape index (κ2) is 7.70. The third kappa shape index (κ3) is 3.60. The number of rotatable bonds is 5. The summed E-state index contributed by atoms with van der Waals surface area (Å²) in [5.74, 6) is 2.88. The van der Waals surface area contributed by atoms with Gasteiger partial charge < -0.3 is 10.2 Å². The minimum absolute atomic E-state index is 0.246. The van der Waals surface area contributed by atoms with E-state index >= 15 is 0 Å². The molecule has 160 valence electrons. The Morgan fingerprint density at radius 2 is 1.97 bits per heavy atom. The lowest BCUT2D eigenvalue weighted by atomic mass is 9.92. The highest BCUT2D eigenvalue weighted by molar-refractivity contribution is 5.81. The van der Waals surface area contributed by atoms with Crippen LogP contribution in [0.2, 0.25) is 0 Å². The lowest BCUT2D eigenvalue weighted by Gasteiger charge is -2.33. The first-order valence-corrected chi connectivity index (χ1v) is 11.8. The summed E-state index contributed by atoms with van der Waals surface area (Å²) in [7, 11) is 0. The van der Waals surface area contributed by atoms with Gasteiger partial charge >= 0.3 is 0 Å². The highest BCUT2D eigenvalue weighted by atomic mass is 16.1. The topological polar surface area (TPSA) is 49.6 Å². The van der Waals surface area contributed by atoms with Gasteiger partial charge in [0.2, 0.25) is 5.91 Å². The standard InChI is InChI=1S/C26H30N4O/c31-26(27-17-21-14-19-5-6-20(21)13-19)15-18-7-10-29(11-8-18)22-9-12-30-24-4-2-1-3-23(24)28-25(30)16-22/h1-6,9,12,16,18-21H,7-8,10-11,13-15,17H2,(H,27,31). The van der Waals surface area contributed by atoms with E-state index in [0.29, 0.717) is 24.2 Å². The molecule has 2 fully saturated rings. The van der Waals surface area contributed by atoms with Gasteiger partial charge in [-0.05, 0) is 67.6 Å². The Balaban J connectivity index is 1.03. The van der Waals surface area contributed by atoms with Gasteiger partial charge in [0.15, 0.2) is 0 Å². The summed E-state index contributed by atoms with van der Waals surface area (Å²) in [6.07, 6.45) is 12.3. The number of benzene rings is 1. The van der Waals surface area contributed by atoms with E-state index in [1.807, 2.05) is 6.07 Å². The summed E-state index contributed by atoms with van der Waals surface area (Å²) < 4.78 is 2.15. The van der Waals surface area contributed by atoms with Gasteiger partial charge in [-0.1, -0.05) is 24.3 Å². The van der Waals surface area contributed by atoms with Crippen LogP contribution in [0.25, 0.3) is 16.7 Å². The molecule has 6 rings (SSSR count). The van der Waals surface area contributed by atoms with Crippen molar-refractivity contribution >= 4 is 28.3 Å². The average molecular weight is 415 g/mol. The predicted octanol–water partition coefficient (Wildman–Crippen LogP) is 4.42. The van der Waals surface area contributed by atoms with Crippen LogP contribution in [0.15, 0.2) is 54.7 Å². The Kier molecular flexibility index (Phi) is 4.70. The second-order valence-electron chi connectivity index (χ2n) is 9.69. The Bertz CT molecular complexity index is 1140. The molecule has 1 aliphatic heterocycles. The first-order chi connectivity index (χ1) is 15.2. The summed E-state index contributed by atoms with van der Waals surface area (Å²) in [5.41, 5.74) is 4.41. The number of hydrogen-bond acceptors (Lipinski definition) is 3. The second-order valence-corrected chi connectivity index (χ2v) is 9.69. The molecular formula is C26H30N4O. The van der Waals surface area contributed by atoms with E-state index in [1.165, 1.54) is 18.5 Å². The number of carbonyl (C=O) groups excluding carboxylic acids is 1. The Morgan fingerprint density at radius 1 is 1.10 bits per heavy atom. The van der Waals surface area contributed by atoms with Crippen molar-refractivity contribution in [3.05, 3.63) is 54.7 Å². The molecule has 2 bridgehead atoms. The molecule has 2 aromatic heterocycles. The van der Waals surface area contributed by atoms with E-state index in [-0.39, 0.29) is 5.91 Å². The third-order valence-electron chi connectivity index (χ3n) is 7.73. The molecule has 1 saturated heterocycles. The number of piperidine rings is 1. The van der Waals surface area contributed by atoms with Crippen molar-refractivity contribution in [1.82, 2.24) is 14.7 Å². The molecule has 3 atom stereocenters. The largest absolute Gasteiger partial charge is 0.371 e. The van der Waals surface area contributed by atoms with Gasteiger partial charge in [0, 0.05) is 44.0 Å². The van der Waals surface area contributed by atoms with Crippen LogP contribution < -0.4 is 10.2 Å². The first-order valence-electron chi connectivity index (χ1n) is 11.8.